The Balaban J connectivity index is 1.68. The van der Waals surface area contributed by atoms with Crippen LogP contribution in [0.25, 0.3) is 0 Å². The fourth-order valence-corrected chi connectivity index (χ4v) is 1.97. The summed E-state index contributed by atoms with van der Waals surface area (Å²) in [5, 5.41) is 3.27. The standard InChI is InChI=1S/C12H14N2O2/c1-2-9(15-7-1)3-4-12-14-10-5-6-13-8-11(10)16-12/h1-2,7,13H,3-6,8H2. The largest absolute Gasteiger partial charge is 0.469 e. The average Bonchev–Trinajstić information content (AvgIpc) is 2.95. The number of aromatic nitrogens is 1. The maximum Gasteiger partial charge on any atom is 0.195 e. The van der Waals surface area contributed by atoms with Gasteiger partial charge in [0.05, 0.1) is 18.5 Å². The molecule has 3 heterocycles. The van der Waals surface area contributed by atoms with E-state index in [-0.39, 0.29) is 0 Å². The van der Waals surface area contributed by atoms with E-state index in [9.17, 15) is 0 Å². The van der Waals surface area contributed by atoms with Crippen LogP contribution in [0, 0.1) is 0 Å². The molecule has 1 N–H and O–H groups in total. The van der Waals surface area contributed by atoms with Crippen LogP contribution in [-0.2, 0) is 25.8 Å². The van der Waals surface area contributed by atoms with Gasteiger partial charge in [0.15, 0.2) is 5.89 Å². The molecule has 0 amide bonds. The lowest BCUT2D eigenvalue weighted by Gasteiger charge is -2.08. The lowest BCUT2D eigenvalue weighted by molar-refractivity contribution is 0.421. The summed E-state index contributed by atoms with van der Waals surface area (Å²) >= 11 is 0. The molecule has 0 aliphatic carbocycles. The number of rotatable bonds is 3. The molecule has 0 spiro atoms. The summed E-state index contributed by atoms with van der Waals surface area (Å²) in [5.41, 5.74) is 1.12. The quantitative estimate of drug-likeness (QED) is 0.851. The highest BCUT2D eigenvalue weighted by Gasteiger charge is 2.16. The Hall–Kier alpha value is -1.55. The van der Waals surface area contributed by atoms with Crippen LogP contribution in [-0.4, -0.2) is 11.5 Å². The molecule has 0 bridgehead atoms. The summed E-state index contributed by atoms with van der Waals surface area (Å²) in [7, 11) is 0. The number of oxazole rings is 1. The molecule has 1 aliphatic rings. The fourth-order valence-electron chi connectivity index (χ4n) is 1.97. The van der Waals surface area contributed by atoms with Gasteiger partial charge in [-0.2, -0.15) is 0 Å². The SMILES string of the molecule is c1coc(CCc2nc3c(o2)CNCC3)c1. The van der Waals surface area contributed by atoms with E-state index in [1.54, 1.807) is 6.26 Å². The Morgan fingerprint density at radius 3 is 3.19 bits per heavy atom. The number of aryl methyl sites for hydroxylation is 2. The van der Waals surface area contributed by atoms with Crippen LogP contribution >= 0.6 is 0 Å². The van der Waals surface area contributed by atoms with E-state index >= 15 is 0 Å². The Morgan fingerprint density at radius 2 is 2.38 bits per heavy atom. The molecule has 2 aromatic rings. The summed E-state index contributed by atoms with van der Waals surface area (Å²) in [6.07, 6.45) is 4.32. The molecular formula is C12H14N2O2. The van der Waals surface area contributed by atoms with Gasteiger partial charge in [-0.3, -0.25) is 0 Å². The summed E-state index contributed by atoms with van der Waals surface area (Å²) in [4.78, 5) is 4.50. The highest BCUT2D eigenvalue weighted by Crippen LogP contribution is 2.16. The summed E-state index contributed by atoms with van der Waals surface area (Å²) < 4.78 is 11.0. The minimum Gasteiger partial charge on any atom is -0.469 e. The van der Waals surface area contributed by atoms with Crippen molar-refractivity contribution in [2.45, 2.75) is 25.8 Å². The van der Waals surface area contributed by atoms with E-state index < -0.39 is 0 Å². The average molecular weight is 218 g/mol. The molecule has 0 unspecified atom stereocenters. The maximum absolute atomic E-state index is 5.69. The van der Waals surface area contributed by atoms with E-state index in [0.29, 0.717) is 0 Å². The molecule has 16 heavy (non-hydrogen) atoms. The van der Waals surface area contributed by atoms with Gasteiger partial charge in [-0.05, 0) is 12.1 Å². The van der Waals surface area contributed by atoms with Crippen molar-refractivity contribution >= 4 is 0 Å². The minimum atomic E-state index is 0.806. The van der Waals surface area contributed by atoms with Crippen LogP contribution in [0.5, 0.6) is 0 Å². The lowest BCUT2D eigenvalue weighted by atomic mass is 10.2. The maximum atomic E-state index is 5.69. The zero-order chi connectivity index (χ0) is 10.8. The summed E-state index contributed by atoms with van der Waals surface area (Å²) in [5.74, 6) is 2.81. The van der Waals surface area contributed by atoms with E-state index in [4.69, 9.17) is 8.83 Å². The van der Waals surface area contributed by atoms with Crippen molar-refractivity contribution in [1.29, 1.82) is 0 Å². The van der Waals surface area contributed by atoms with Gasteiger partial charge in [0.25, 0.3) is 0 Å². The third-order valence-electron chi connectivity index (χ3n) is 2.81. The van der Waals surface area contributed by atoms with Crippen molar-refractivity contribution in [3.8, 4) is 0 Å². The Labute approximate surface area is 93.7 Å². The first-order valence-corrected chi connectivity index (χ1v) is 5.62. The second-order valence-electron chi connectivity index (χ2n) is 3.98. The van der Waals surface area contributed by atoms with Gasteiger partial charge in [-0.25, -0.2) is 4.98 Å². The molecule has 0 saturated carbocycles. The van der Waals surface area contributed by atoms with Gasteiger partial charge in [-0.1, -0.05) is 0 Å². The number of fused-ring (bicyclic) bond motifs is 1. The van der Waals surface area contributed by atoms with Crippen LogP contribution in [0.4, 0.5) is 0 Å². The number of nitrogens with zero attached hydrogens (tertiary/aromatic N) is 1. The van der Waals surface area contributed by atoms with Crippen molar-refractivity contribution in [2.75, 3.05) is 6.54 Å². The monoisotopic (exact) mass is 218 g/mol. The molecule has 4 nitrogen and oxygen atoms in total. The van der Waals surface area contributed by atoms with Crippen molar-refractivity contribution < 1.29 is 8.83 Å². The van der Waals surface area contributed by atoms with Gasteiger partial charge in [-0.15, -0.1) is 0 Å². The van der Waals surface area contributed by atoms with Crippen LogP contribution in [0.3, 0.4) is 0 Å². The lowest BCUT2D eigenvalue weighted by Crippen LogP contribution is -2.22. The zero-order valence-electron chi connectivity index (χ0n) is 9.03. The molecule has 0 radical (unpaired) electrons. The minimum absolute atomic E-state index is 0.806. The second kappa shape index (κ2) is 4.14. The molecule has 0 atom stereocenters. The molecule has 2 aromatic heterocycles. The normalized spacial score (nSPS) is 15.0. The molecule has 4 heteroatoms. The fraction of sp³-hybridized carbons (Fsp3) is 0.417. The van der Waals surface area contributed by atoms with Crippen LogP contribution in [0.15, 0.2) is 27.2 Å². The van der Waals surface area contributed by atoms with Crippen LogP contribution < -0.4 is 5.32 Å². The van der Waals surface area contributed by atoms with Gasteiger partial charge in [0.2, 0.25) is 0 Å². The molecule has 0 fully saturated rings. The highest BCUT2D eigenvalue weighted by atomic mass is 16.4. The molecule has 0 aromatic carbocycles. The molecule has 1 aliphatic heterocycles. The highest BCUT2D eigenvalue weighted by molar-refractivity contribution is 5.13. The van der Waals surface area contributed by atoms with Gasteiger partial charge in [0, 0.05) is 25.8 Å². The number of furan rings is 1. The van der Waals surface area contributed by atoms with E-state index in [1.165, 1.54) is 0 Å². The third kappa shape index (κ3) is 1.88. The zero-order valence-corrected chi connectivity index (χ0v) is 9.03. The Kier molecular flexibility index (Phi) is 2.50. The summed E-state index contributed by atoms with van der Waals surface area (Å²) in [6, 6.07) is 3.88. The number of hydrogen-bond donors (Lipinski definition) is 1. The van der Waals surface area contributed by atoms with Crippen LogP contribution in [0.1, 0.15) is 23.1 Å². The first-order chi connectivity index (χ1) is 7.92. The molecule has 0 saturated heterocycles. The van der Waals surface area contributed by atoms with Gasteiger partial charge in [0.1, 0.15) is 11.5 Å². The second-order valence-corrected chi connectivity index (χ2v) is 3.98. The number of nitrogens with one attached hydrogen (secondary N) is 1. The van der Waals surface area contributed by atoms with Gasteiger partial charge >= 0.3 is 0 Å². The number of hydrogen-bond acceptors (Lipinski definition) is 4. The smallest absolute Gasteiger partial charge is 0.195 e. The Morgan fingerprint density at radius 1 is 1.38 bits per heavy atom. The first-order valence-electron chi connectivity index (χ1n) is 5.62. The van der Waals surface area contributed by atoms with Crippen molar-refractivity contribution in [1.82, 2.24) is 10.3 Å². The van der Waals surface area contributed by atoms with Crippen LogP contribution in [0.2, 0.25) is 0 Å². The summed E-state index contributed by atoms with van der Waals surface area (Å²) in [6.45, 7) is 1.81. The van der Waals surface area contributed by atoms with E-state index in [1.807, 2.05) is 12.1 Å². The molecule has 84 valence electrons. The van der Waals surface area contributed by atoms with Gasteiger partial charge < -0.3 is 14.2 Å². The molecular weight excluding hydrogens is 204 g/mol. The molecule has 3 rings (SSSR count). The third-order valence-corrected chi connectivity index (χ3v) is 2.81. The van der Waals surface area contributed by atoms with Crippen molar-refractivity contribution in [3.05, 3.63) is 41.5 Å². The topological polar surface area (TPSA) is 51.2 Å². The van der Waals surface area contributed by atoms with Crippen molar-refractivity contribution in [3.63, 3.8) is 0 Å². The predicted octanol–water partition coefficient (Wildman–Crippen LogP) is 1.70. The first kappa shape index (κ1) is 9.66. The van der Waals surface area contributed by atoms with E-state index in [0.717, 1.165) is 55.5 Å². The Bertz CT molecular complexity index is 436. The van der Waals surface area contributed by atoms with E-state index in [2.05, 4.69) is 10.3 Å². The van der Waals surface area contributed by atoms with Crippen molar-refractivity contribution in [2.24, 2.45) is 0 Å². The predicted molar refractivity (Wildman–Crippen MR) is 58.0 cm³/mol.